The molecule has 8 nitrogen and oxygen atoms in total. The van der Waals surface area contributed by atoms with Gasteiger partial charge in [0.1, 0.15) is 0 Å². The van der Waals surface area contributed by atoms with E-state index in [1.165, 1.54) is 43.3 Å². The van der Waals surface area contributed by atoms with E-state index in [1.54, 1.807) is 0 Å². The lowest BCUT2D eigenvalue weighted by atomic mass is 10.1. The molecular weight excluding hydrogens is 384 g/mol. The molecule has 1 fully saturated rings. The zero-order valence-electron chi connectivity index (χ0n) is 14.7. The standard InChI is InChI=1S/C16H21ClN2O6S/c1-11(20)25-16(2,3)15(21)18-14-5-4-12(10-13(14)17)26(22,23)19-6-8-24-9-7-19/h4-5,10H,6-9H2,1-3H3,(H,18,21). The largest absolute Gasteiger partial charge is 0.450 e. The molecule has 1 aromatic rings. The van der Waals surface area contributed by atoms with Gasteiger partial charge in [-0.3, -0.25) is 9.59 Å². The van der Waals surface area contributed by atoms with Crippen molar-refractivity contribution < 1.29 is 27.5 Å². The SMILES string of the molecule is CC(=O)OC(C)(C)C(=O)Nc1ccc(S(=O)(=O)N2CCOCC2)cc1Cl. The Morgan fingerprint density at radius 1 is 1.27 bits per heavy atom. The molecule has 1 aliphatic heterocycles. The van der Waals surface area contributed by atoms with E-state index in [0.717, 1.165) is 0 Å². The number of hydrogen-bond acceptors (Lipinski definition) is 6. The summed E-state index contributed by atoms with van der Waals surface area (Å²) in [4.78, 5) is 23.4. The molecule has 0 atom stereocenters. The summed E-state index contributed by atoms with van der Waals surface area (Å²) < 4.78 is 36.7. The van der Waals surface area contributed by atoms with Crippen molar-refractivity contribution in [2.24, 2.45) is 0 Å². The molecular formula is C16H21ClN2O6S. The zero-order valence-corrected chi connectivity index (χ0v) is 16.3. The maximum Gasteiger partial charge on any atom is 0.303 e. The van der Waals surface area contributed by atoms with Crippen LogP contribution in [0.15, 0.2) is 23.1 Å². The van der Waals surface area contributed by atoms with Crippen LogP contribution in [0.3, 0.4) is 0 Å². The molecule has 0 saturated carbocycles. The second kappa shape index (κ2) is 7.91. The van der Waals surface area contributed by atoms with E-state index >= 15 is 0 Å². The Morgan fingerprint density at radius 3 is 2.42 bits per heavy atom. The van der Waals surface area contributed by atoms with E-state index in [1.807, 2.05) is 0 Å². The number of nitrogens with zero attached hydrogens (tertiary/aromatic N) is 1. The van der Waals surface area contributed by atoms with Gasteiger partial charge in [-0.1, -0.05) is 11.6 Å². The Morgan fingerprint density at radius 2 is 1.88 bits per heavy atom. The topological polar surface area (TPSA) is 102 Å². The van der Waals surface area contributed by atoms with Gasteiger partial charge in [0.05, 0.1) is 28.8 Å². The number of esters is 1. The molecule has 0 unspecified atom stereocenters. The van der Waals surface area contributed by atoms with Crippen LogP contribution >= 0.6 is 11.6 Å². The lowest BCUT2D eigenvalue weighted by molar-refractivity contribution is -0.160. The van der Waals surface area contributed by atoms with Gasteiger partial charge in [-0.05, 0) is 32.0 Å². The molecule has 0 bridgehead atoms. The van der Waals surface area contributed by atoms with E-state index in [9.17, 15) is 18.0 Å². The van der Waals surface area contributed by atoms with Crippen molar-refractivity contribution >= 4 is 39.2 Å². The lowest BCUT2D eigenvalue weighted by Gasteiger charge is -2.26. The lowest BCUT2D eigenvalue weighted by Crippen LogP contribution is -2.41. The number of carbonyl (C=O) groups is 2. The van der Waals surface area contributed by atoms with Crippen LogP contribution in [0.4, 0.5) is 5.69 Å². The van der Waals surface area contributed by atoms with E-state index in [2.05, 4.69) is 5.32 Å². The molecule has 0 spiro atoms. The Bertz CT molecular complexity index is 803. The molecule has 1 aliphatic rings. The van der Waals surface area contributed by atoms with Crippen molar-refractivity contribution in [3.05, 3.63) is 23.2 Å². The van der Waals surface area contributed by atoms with Gasteiger partial charge < -0.3 is 14.8 Å². The van der Waals surface area contributed by atoms with Crippen molar-refractivity contribution in [2.45, 2.75) is 31.3 Å². The monoisotopic (exact) mass is 404 g/mol. The summed E-state index contributed by atoms with van der Waals surface area (Å²) in [6.07, 6.45) is 0. The summed E-state index contributed by atoms with van der Waals surface area (Å²) in [5, 5.41) is 2.60. The second-order valence-corrected chi connectivity index (χ2v) is 8.56. The summed E-state index contributed by atoms with van der Waals surface area (Å²) in [7, 11) is -3.69. The Labute approximate surface area is 157 Å². The number of benzene rings is 1. The van der Waals surface area contributed by atoms with Crippen molar-refractivity contribution in [1.29, 1.82) is 0 Å². The van der Waals surface area contributed by atoms with Gasteiger partial charge in [-0.2, -0.15) is 4.31 Å². The van der Waals surface area contributed by atoms with Crippen LogP contribution in [-0.4, -0.2) is 56.5 Å². The van der Waals surface area contributed by atoms with Gasteiger partial charge in [0.15, 0.2) is 5.60 Å². The summed E-state index contributed by atoms with van der Waals surface area (Å²) >= 11 is 6.14. The number of nitrogens with one attached hydrogen (secondary N) is 1. The highest BCUT2D eigenvalue weighted by molar-refractivity contribution is 7.89. The third-order valence-electron chi connectivity index (χ3n) is 3.74. The van der Waals surface area contributed by atoms with Crippen LogP contribution in [-0.2, 0) is 29.1 Å². The summed E-state index contributed by atoms with van der Waals surface area (Å²) in [6.45, 7) is 5.31. The minimum Gasteiger partial charge on any atom is -0.450 e. The molecule has 0 radical (unpaired) electrons. The van der Waals surface area contributed by atoms with Crippen molar-refractivity contribution in [1.82, 2.24) is 4.31 Å². The quantitative estimate of drug-likeness (QED) is 0.748. The molecule has 0 aliphatic carbocycles. The first-order valence-corrected chi connectivity index (χ1v) is 9.74. The molecule has 1 saturated heterocycles. The summed E-state index contributed by atoms with van der Waals surface area (Å²) in [5.74, 6) is -1.18. The number of ether oxygens (including phenoxy) is 2. The third kappa shape index (κ3) is 4.73. The van der Waals surface area contributed by atoms with Gasteiger partial charge >= 0.3 is 5.97 Å². The first-order chi connectivity index (χ1) is 12.0. The molecule has 26 heavy (non-hydrogen) atoms. The molecule has 10 heteroatoms. The van der Waals surface area contributed by atoms with E-state index in [-0.39, 0.29) is 28.7 Å². The number of carbonyl (C=O) groups excluding carboxylic acids is 2. The number of sulfonamides is 1. The van der Waals surface area contributed by atoms with Crippen LogP contribution < -0.4 is 5.32 Å². The zero-order chi connectivity index (χ0) is 19.5. The van der Waals surface area contributed by atoms with Crippen LogP contribution in [0.5, 0.6) is 0 Å². The number of amides is 1. The average molecular weight is 405 g/mol. The molecule has 1 aromatic carbocycles. The predicted molar refractivity (Wildman–Crippen MR) is 95.5 cm³/mol. The smallest absolute Gasteiger partial charge is 0.303 e. The van der Waals surface area contributed by atoms with Crippen LogP contribution in [0.25, 0.3) is 0 Å². The van der Waals surface area contributed by atoms with Crippen molar-refractivity contribution in [3.8, 4) is 0 Å². The average Bonchev–Trinajstić information content (AvgIpc) is 2.56. The van der Waals surface area contributed by atoms with Gasteiger partial charge in [-0.15, -0.1) is 0 Å². The Balaban J connectivity index is 2.19. The highest BCUT2D eigenvalue weighted by Gasteiger charge is 2.32. The molecule has 1 N–H and O–H groups in total. The van der Waals surface area contributed by atoms with Crippen molar-refractivity contribution in [3.63, 3.8) is 0 Å². The summed E-state index contributed by atoms with van der Waals surface area (Å²) in [6, 6.07) is 4.04. The molecule has 2 rings (SSSR count). The fourth-order valence-electron chi connectivity index (χ4n) is 2.37. The van der Waals surface area contributed by atoms with E-state index < -0.39 is 27.5 Å². The molecule has 1 amide bonds. The number of hydrogen-bond donors (Lipinski definition) is 1. The number of rotatable bonds is 5. The second-order valence-electron chi connectivity index (χ2n) is 6.22. The van der Waals surface area contributed by atoms with Gasteiger partial charge in [0, 0.05) is 20.0 Å². The number of halogens is 1. The fraction of sp³-hybridized carbons (Fsp3) is 0.500. The predicted octanol–water partition coefficient (Wildman–Crippen LogP) is 1.64. The fourth-order valence-corrected chi connectivity index (χ4v) is 4.10. The first kappa shape index (κ1) is 20.6. The van der Waals surface area contributed by atoms with Gasteiger partial charge in [0.2, 0.25) is 10.0 Å². The normalized spacial score (nSPS) is 16.2. The highest BCUT2D eigenvalue weighted by atomic mass is 35.5. The highest BCUT2D eigenvalue weighted by Crippen LogP contribution is 2.28. The van der Waals surface area contributed by atoms with Crippen LogP contribution in [0.1, 0.15) is 20.8 Å². The van der Waals surface area contributed by atoms with Crippen LogP contribution in [0.2, 0.25) is 5.02 Å². The minimum absolute atomic E-state index is 0.0293. The molecule has 1 heterocycles. The number of anilines is 1. The van der Waals surface area contributed by atoms with E-state index in [4.69, 9.17) is 21.1 Å². The maximum atomic E-state index is 12.6. The Kier molecular flexibility index (Phi) is 6.28. The molecule has 144 valence electrons. The molecule has 0 aromatic heterocycles. The van der Waals surface area contributed by atoms with Crippen LogP contribution in [0, 0.1) is 0 Å². The minimum atomic E-state index is -3.69. The first-order valence-electron chi connectivity index (χ1n) is 7.92. The van der Waals surface area contributed by atoms with E-state index in [0.29, 0.717) is 13.2 Å². The van der Waals surface area contributed by atoms with Gasteiger partial charge in [0.25, 0.3) is 5.91 Å². The Hall–Kier alpha value is -1.68. The third-order valence-corrected chi connectivity index (χ3v) is 5.95. The van der Waals surface area contributed by atoms with Crippen molar-refractivity contribution in [2.75, 3.05) is 31.6 Å². The number of morpholine rings is 1. The van der Waals surface area contributed by atoms with Gasteiger partial charge in [-0.25, -0.2) is 8.42 Å². The maximum absolute atomic E-state index is 12.6. The summed E-state index contributed by atoms with van der Waals surface area (Å²) in [5.41, 5.74) is -1.17.